The van der Waals surface area contributed by atoms with Gasteiger partial charge in [-0.25, -0.2) is 4.79 Å². The van der Waals surface area contributed by atoms with Crippen LogP contribution in [0.5, 0.6) is 5.75 Å². The number of amides is 2. The van der Waals surface area contributed by atoms with Gasteiger partial charge in [0.1, 0.15) is 11.8 Å². The minimum atomic E-state index is -0.656. The number of ether oxygens (including phenoxy) is 2. The first kappa shape index (κ1) is 23.3. The van der Waals surface area contributed by atoms with Gasteiger partial charge in [-0.05, 0) is 44.4 Å². The SMILES string of the molecule is COc1ccc(C(C)NC(=O)C(NC(=O)OC(C)C)C(C)C)cc1.[V]. The van der Waals surface area contributed by atoms with E-state index in [0.717, 1.165) is 11.3 Å². The number of hydrogen-bond donors (Lipinski definition) is 2. The third-order valence-corrected chi connectivity index (χ3v) is 3.54. The van der Waals surface area contributed by atoms with Crippen molar-refractivity contribution in [2.75, 3.05) is 7.11 Å². The monoisotopic (exact) mass is 387 g/mol. The van der Waals surface area contributed by atoms with Gasteiger partial charge in [-0.15, -0.1) is 0 Å². The molecule has 0 spiro atoms. The van der Waals surface area contributed by atoms with Crippen molar-refractivity contribution in [1.29, 1.82) is 0 Å². The molecular formula is C18H28N2O4V. The van der Waals surface area contributed by atoms with Crippen LogP contribution in [0, 0.1) is 5.92 Å². The minimum Gasteiger partial charge on any atom is -0.497 e. The zero-order valence-corrected chi connectivity index (χ0v) is 17.1. The Labute approximate surface area is 161 Å². The van der Waals surface area contributed by atoms with Crippen molar-refractivity contribution in [3.05, 3.63) is 29.8 Å². The van der Waals surface area contributed by atoms with Crippen molar-refractivity contribution < 1.29 is 37.6 Å². The number of carbonyl (C=O) groups is 2. The maximum absolute atomic E-state index is 12.5. The van der Waals surface area contributed by atoms with E-state index >= 15 is 0 Å². The van der Waals surface area contributed by atoms with Crippen LogP contribution < -0.4 is 15.4 Å². The van der Waals surface area contributed by atoms with E-state index in [9.17, 15) is 9.59 Å². The number of benzene rings is 1. The second kappa shape index (κ2) is 11.1. The zero-order valence-electron chi connectivity index (χ0n) is 15.7. The maximum Gasteiger partial charge on any atom is 0.408 e. The average molecular weight is 387 g/mol. The standard InChI is InChI=1S/C18H28N2O4.V/c1-11(2)16(20-18(22)24-12(3)4)17(21)19-13(5)14-7-9-15(23-6)10-8-14;/h7-13,16H,1-6H3,(H,19,21)(H,20,22);. The van der Waals surface area contributed by atoms with Crippen molar-refractivity contribution in [3.63, 3.8) is 0 Å². The molecule has 25 heavy (non-hydrogen) atoms. The number of carbonyl (C=O) groups excluding carboxylic acids is 2. The molecule has 2 amide bonds. The molecule has 2 unspecified atom stereocenters. The summed E-state index contributed by atoms with van der Waals surface area (Å²) < 4.78 is 10.2. The van der Waals surface area contributed by atoms with Crippen LogP contribution in [0.4, 0.5) is 4.79 Å². The molecule has 0 saturated carbocycles. The van der Waals surface area contributed by atoms with E-state index in [2.05, 4.69) is 10.6 Å². The summed E-state index contributed by atoms with van der Waals surface area (Å²) in [6.07, 6.45) is -0.824. The Hall–Kier alpha value is -1.66. The minimum absolute atomic E-state index is 0. The first-order valence-corrected chi connectivity index (χ1v) is 8.16. The molecule has 0 saturated heterocycles. The molecule has 0 fully saturated rings. The molecule has 0 bridgehead atoms. The Morgan fingerprint density at radius 3 is 1.96 bits per heavy atom. The summed E-state index contributed by atoms with van der Waals surface area (Å²) >= 11 is 0. The maximum atomic E-state index is 12.5. The summed E-state index contributed by atoms with van der Waals surface area (Å²) in [4.78, 5) is 24.3. The summed E-state index contributed by atoms with van der Waals surface area (Å²) in [5, 5.41) is 5.55. The molecule has 0 aliphatic carbocycles. The van der Waals surface area contributed by atoms with Crippen molar-refractivity contribution in [1.82, 2.24) is 10.6 Å². The van der Waals surface area contributed by atoms with E-state index in [1.54, 1.807) is 21.0 Å². The smallest absolute Gasteiger partial charge is 0.408 e. The van der Waals surface area contributed by atoms with E-state index in [0.29, 0.717) is 0 Å². The fourth-order valence-corrected chi connectivity index (χ4v) is 2.19. The van der Waals surface area contributed by atoms with Crippen LogP contribution >= 0.6 is 0 Å². The number of nitrogens with one attached hydrogen (secondary N) is 2. The Kier molecular flexibility index (Phi) is 10.3. The van der Waals surface area contributed by atoms with Gasteiger partial charge in [-0.1, -0.05) is 26.0 Å². The molecule has 7 heteroatoms. The summed E-state index contributed by atoms with van der Waals surface area (Å²) in [7, 11) is 1.61. The first-order valence-electron chi connectivity index (χ1n) is 8.16. The van der Waals surface area contributed by atoms with Crippen molar-refractivity contribution in [2.24, 2.45) is 5.92 Å². The molecule has 139 valence electrons. The second-order valence-corrected chi connectivity index (χ2v) is 6.32. The summed E-state index contributed by atoms with van der Waals surface area (Å²) in [6.45, 7) is 9.16. The predicted octanol–water partition coefficient (Wildman–Crippen LogP) is 3.03. The molecule has 0 aliphatic rings. The third-order valence-electron chi connectivity index (χ3n) is 3.54. The fraction of sp³-hybridized carbons (Fsp3) is 0.556. The predicted molar refractivity (Wildman–Crippen MR) is 92.9 cm³/mol. The van der Waals surface area contributed by atoms with Gasteiger partial charge in [0.2, 0.25) is 5.91 Å². The van der Waals surface area contributed by atoms with Gasteiger partial charge in [0.05, 0.1) is 19.3 Å². The molecular weight excluding hydrogens is 359 g/mol. The van der Waals surface area contributed by atoms with E-state index in [4.69, 9.17) is 9.47 Å². The zero-order chi connectivity index (χ0) is 18.3. The summed E-state index contributed by atoms with van der Waals surface area (Å²) in [6, 6.07) is 6.64. The van der Waals surface area contributed by atoms with Crippen molar-refractivity contribution in [3.8, 4) is 5.75 Å². The molecule has 2 atom stereocenters. The molecule has 6 nitrogen and oxygen atoms in total. The number of alkyl carbamates (subject to hydrolysis) is 1. The van der Waals surface area contributed by atoms with E-state index in [1.807, 2.05) is 45.0 Å². The van der Waals surface area contributed by atoms with Gasteiger partial charge < -0.3 is 20.1 Å². The topological polar surface area (TPSA) is 76.7 Å². The molecule has 0 aromatic heterocycles. The Balaban J connectivity index is 0.00000576. The van der Waals surface area contributed by atoms with Crippen LogP contribution in [0.2, 0.25) is 0 Å². The van der Waals surface area contributed by atoms with Gasteiger partial charge in [0.15, 0.2) is 0 Å². The third kappa shape index (κ3) is 7.84. The fourth-order valence-electron chi connectivity index (χ4n) is 2.19. The van der Waals surface area contributed by atoms with E-state index in [-0.39, 0.29) is 42.5 Å². The molecule has 1 radical (unpaired) electrons. The van der Waals surface area contributed by atoms with Gasteiger partial charge in [-0.2, -0.15) is 0 Å². The number of methoxy groups -OCH3 is 1. The van der Waals surface area contributed by atoms with Crippen LogP contribution in [0.1, 0.15) is 46.2 Å². The molecule has 1 aromatic rings. The normalized spacial score (nSPS) is 12.8. The Morgan fingerprint density at radius 2 is 1.52 bits per heavy atom. The molecule has 1 aromatic carbocycles. The van der Waals surface area contributed by atoms with Crippen LogP contribution in [0.15, 0.2) is 24.3 Å². The van der Waals surface area contributed by atoms with Crippen molar-refractivity contribution >= 4 is 12.0 Å². The summed E-state index contributed by atoms with van der Waals surface area (Å²) in [5.74, 6) is 0.456. The van der Waals surface area contributed by atoms with Gasteiger partial charge in [0.25, 0.3) is 0 Å². The molecule has 0 aliphatic heterocycles. The Morgan fingerprint density at radius 1 is 0.960 bits per heavy atom. The van der Waals surface area contributed by atoms with Crippen LogP contribution in [-0.4, -0.2) is 31.3 Å². The quantitative estimate of drug-likeness (QED) is 0.754. The van der Waals surface area contributed by atoms with Crippen LogP contribution in [-0.2, 0) is 28.1 Å². The van der Waals surface area contributed by atoms with Gasteiger partial charge in [-0.3, -0.25) is 4.79 Å². The second-order valence-electron chi connectivity index (χ2n) is 6.32. The number of rotatable bonds is 7. The largest absolute Gasteiger partial charge is 0.497 e. The van der Waals surface area contributed by atoms with E-state index in [1.165, 1.54) is 0 Å². The van der Waals surface area contributed by atoms with Gasteiger partial charge >= 0.3 is 6.09 Å². The van der Waals surface area contributed by atoms with Gasteiger partial charge in [0, 0.05) is 18.6 Å². The summed E-state index contributed by atoms with van der Waals surface area (Å²) in [5.41, 5.74) is 0.955. The number of hydrogen-bond acceptors (Lipinski definition) is 4. The molecule has 2 N–H and O–H groups in total. The van der Waals surface area contributed by atoms with E-state index < -0.39 is 12.1 Å². The first-order chi connectivity index (χ1) is 11.2. The average Bonchev–Trinajstić information content (AvgIpc) is 2.51. The Bertz CT molecular complexity index is 547. The molecule has 1 rings (SSSR count). The van der Waals surface area contributed by atoms with Crippen LogP contribution in [0.25, 0.3) is 0 Å². The van der Waals surface area contributed by atoms with Crippen LogP contribution in [0.3, 0.4) is 0 Å². The molecule has 0 heterocycles. The van der Waals surface area contributed by atoms with Crippen molar-refractivity contribution in [2.45, 2.75) is 52.8 Å².